The number of ether oxygens (including phenoxy) is 1. The fourth-order valence-electron chi connectivity index (χ4n) is 3.18. The molecule has 0 aliphatic carbocycles. The van der Waals surface area contributed by atoms with Crippen LogP contribution in [0.2, 0.25) is 0 Å². The van der Waals surface area contributed by atoms with Crippen molar-refractivity contribution in [1.82, 2.24) is 15.5 Å². The van der Waals surface area contributed by atoms with E-state index in [2.05, 4.69) is 15.5 Å². The van der Waals surface area contributed by atoms with Crippen LogP contribution in [0, 0.1) is 5.82 Å². The Balaban J connectivity index is 1.30. The molecule has 1 N–H and O–H groups in total. The topological polar surface area (TPSA) is 77.2 Å². The van der Waals surface area contributed by atoms with Gasteiger partial charge in [0.1, 0.15) is 11.6 Å². The first-order chi connectivity index (χ1) is 16.2. The molecule has 0 saturated carbocycles. The third kappa shape index (κ3) is 6.92. The number of thioether (sulfide) groups is 1. The molecule has 1 atom stereocenters. The number of hydrogen-bond acceptors (Lipinski definition) is 6. The summed E-state index contributed by atoms with van der Waals surface area (Å²) >= 11 is 1.16. The van der Waals surface area contributed by atoms with Gasteiger partial charge in [-0.1, -0.05) is 72.4 Å². The van der Waals surface area contributed by atoms with Gasteiger partial charge in [0.05, 0.1) is 11.8 Å². The molecule has 1 unspecified atom stereocenters. The highest BCUT2D eigenvalue weighted by Gasteiger charge is 2.17. The van der Waals surface area contributed by atoms with E-state index in [1.165, 1.54) is 24.3 Å². The van der Waals surface area contributed by atoms with Crippen LogP contribution in [0.15, 0.2) is 94.6 Å². The van der Waals surface area contributed by atoms with E-state index in [0.717, 1.165) is 22.9 Å². The number of nitrogens with zero attached hydrogens (tertiary/aromatic N) is 2. The van der Waals surface area contributed by atoms with Gasteiger partial charge in [0.2, 0.25) is 5.91 Å². The lowest BCUT2D eigenvalue weighted by atomic mass is 9.99. The highest BCUT2D eigenvalue weighted by Crippen LogP contribution is 2.21. The number of carbonyl (C=O) groups excluding carboxylic acids is 1. The number of benzene rings is 3. The largest absolute Gasteiger partial charge is 0.484 e. The van der Waals surface area contributed by atoms with E-state index < -0.39 is 0 Å². The Labute approximate surface area is 195 Å². The van der Waals surface area contributed by atoms with Crippen LogP contribution in [0.5, 0.6) is 5.75 Å². The lowest BCUT2D eigenvalue weighted by Gasteiger charge is -2.19. The molecule has 8 heteroatoms. The molecule has 6 nitrogen and oxygen atoms in total. The molecule has 0 aliphatic rings. The first-order valence-electron chi connectivity index (χ1n) is 10.4. The van der Waals surface area contributed by atoms with E-state index in [1.807, 2.05) is 60.7 Å². The Kier molecular flexibility index (Phi) is 7.71. The molecule has 0 radical (unpaired) electrons. The summed E-state index contributed by atoms with van der Waals surface area (Å²) in [6.07, 6.45) is 0.687. The molecule has 0 saturated heterocycles. The zero-order chi connectivity index (χ0) is 22.9. The average molecular weight is 464 g/mol. The zero-order valence-corrected chi connectivity index (χ0v) is 18.5. The number of halogens is 1. The highest BCUT2D eigenvalue weighted by molar-refractivity contribution is 7.99. The minimum absolute atomic E-state index is 0.0541. The molecule has 0 spiro atoms. The van der Waals surface area contributed by atoms with Gasteiger partial charge in [-0.2, -0.15) is 0 Å². The van der Waals surface area contributed by atoms with Crippen LogP contribution < -0.4 is 10.1 Å². The van der Waals surface area contributed by atoms with Gasteiger partial charge in [0.15, 0.2) is 6.61 Å². The van der Waals surface area contributed by atoms with Crippen molar-refractivity contribution in [2.24, 2.45) is 0 Å². The van der Waals surface area contributed by atoms with Crippen LogP contribution in [0.1, 0.15) is 23.1 Å². The number of amides is 1. The minimum atomic E-state index is -0.338. The maximum absolute atomic E-state index is 13.0. The SMILES string of the molecule is O=C(CSc1nnc(COc2ccc(F)cc2)o1)NC(Cc1ccccc1)c1ccccc1. The third-order valence-corrected chi connectivity index (χ3v) is 5.59. The van der Waals surface area contributed by atoms with Crippen molar-refractivity contribution in [3.05, 3.63) is 108 Å². The van der Waals surface area contributed by atoms with Crippen molar-refractivity contribution < 1.29 is 18.3 Å². The summed E-state index contributed by atoms with van der Waals surface area (Å²) in [6.45, 7) is 0.0541. The van der Waals surface area contributed by atoms with E-state index in [1.54, 1.807) is 0 Å². The van der Waals surface area contributed by atoms with Gasteiger partial charge in [0, 0.05) is 0 Å². The molecule has 1 amide bonds. The second-order valence-electron chi connectivity index (χ2n) is 7.21. The zero-order valence-electron chi connectivity index (χ0n) is 17.7. The molecule has 3 aromatic carbocycles. The summed E-state index contributed by atoms with van der Waals surface area (Å²) in [5, 5.41) is 11.3. The van der Waals surface area contributed by atoms with E-state index in [4.69, 9.17) is 9.15 Å². The molecule has 168 valence electrons. The Morgan fingerprint density at radius 3 is 2.39 bits per heavy atom. The molecular weight excluding hydrogens is 441 g/mol. The molecule has 0 fully saturated rings. The lowest BCUT2D eigenvalue weighted by molar-refractivity contribution is -0.119. The Bertz CT molecular complexity index is 1150. The van der Waals surface area contributed by atoms with Crippen molar-refractivity contribution >= 4 is 17.7 Å². The lowest BCUT2D eigenvalue weighted by Crippen LogP contribution is -2.31. The predicted molar refractivity (Wildman–Crippen MR) is 123 cm³/mol. The molecule has 33 heavy (non-hydrogen) atoms. The highest BCUT2D eigenvalue weighted by atomic mass is 32.2. The van der Waals surface area contributed by atoms with Gasteiger partial charge in [0.25, 0.3) is 11.1 Å². The monoisotopic (exact) mass is 463 g/mol. The van der Waals surface area contributed by atoms with Gasteiger partial charge >= 0.3 is 0 Å². The predicted octanol–water partition coefficient (Wildman–Crippen LogP) is 4.98. The molecule has 1 heterocycles. The van der Waals surface area contributed by atoms with Crippen LogP contribution >= 0.6 is 11.8 Å². The Morgan fingerprint density at radius 1 is 0.970 bits per heavy atom. The number of carbonyl (C=O) groups is 1. The molecular formula is C25H22FN3O3S. The van der Waals surface area contributed by atoms with Crippen molar-refractivity contribution in [2.45, 2.75) is 24.3 Å². The van der Waals surface area contributed by atoms with Crippen LogP contribution in [-0.2, 0) is 17.8 Å². The van der Waals surface area contributed by atoms with Crippen molar-refractivity contribution in [3.63, 3.8) is 0 Å². The first kappa shape index (κ1) is 22.5. The number of aromatic nitrogens is 2. The summed E-state index contributed by atoms with van der Waals surface area (Å²) in [7, 11) is 0. The van der Waals surface area contributed by atoms with Crippen LogP contribution in [-0.4, -0.2) is 21.9 Å². The van der Waals surface area contributed by atoms with E-state index in [-0.39, 0.29) is 41.2 Å². The van der Waals surface area contributed by atoms with Gasteiger partial charge in [-0.15, -0.1) is 10.2 Å². The number of rotatable bonds is 10. The number of nitrogens with one attached hydrogen (secondary N) is 1. The van der Waals surface area contributed by atoms with Gasteiger partial charge in [-0.3, -0.25) is 4.79 Å². The standard InChI is InChI=1S/C25H22FN3O3S/c26-20-11-13-21(14-12-20)31-16-24-28-29-25(32-24)33-17-23(30)27-22(19-9-5-2-6-10-19)15-18-7-3-1-4-8-18/h1-14,22H,15-17H2,(H,27,30). The van der Waals surface area contributed by atoms with Crippen LogP contribution in [0.4, 0.5) is 4.39 Å². The normalized spacial score (nSPS) is 11.7. The summed E-state index contributed by atoms with van der Waals surface area (Å²) in [5.74, 6) is 0.433. The fourth-order valence-corrected chi connectivity index (χ4v) is 3.77. The first-order valence-corrected chi connectivity index (χ1v) is 11.4. The van der Waals surface area contributed by atoms with Crippen molar-refractivity contribution in [2.75, 3.05) is 5.75 Å². The van der Waals surface area contributed by atoms with E-state index in [0.29, 0.717) is 12.2 Å². The second kappa shape index (κ2) is 11.3. The molecule has 4 rings (SSSR count). The molecule has 4 aromatic rings. The maximum Gasteiger partial charge on any atom is 0.277 e. The van der Waals surface area contributed by atoms with Gasteiger partial charge in [-0.05, 0) is 41.8 Å². The Morgan fingerprint density at radius 2 is 1.67 bits per heavy atom. The second-order valence-corrected chi connectivity index (χ2v) is 8.14. The Hall–Kier alpha value is -3.65. The molecule has 0 bridgehead atoms. The van der Waals surface area contributed by atoms with E-state index in [9.17, 15) is 9.18 Å². The summed E-state index contributed by atoms with van der Waals surface area (Å²) in [5.41, 5.74) is 2.18. The van der Waals surface area contributed by atoms with E-state index >= 15 is 0 Å². The maximum atomic E-state index is 13.0. The third-order valence-electron chi connectivity index (χ3n) is 4.77. The van der Waals surface area contributed by atoms with Gasteiger partial charge in [-0.25, -0.2) is 4.39 Å². The average Bonchev–Trinajstić information content (AvgIpc) is 3.31. The van der Waals surface area contributed by atoms with Crippen molar-refractivity contribution in [1.29, 1.82) is 0 Å². The quantitative estimate of drug-likeness (QED) is 0.334. The fraction of sp³-hybridized carbons (Fsp3) is 0.160. The minimum Gasteiger partial charge on any atom is -0.484 e. The summed E-state index contributed by atoms with van der Waals surface area (Å²) < 4.78 is 24.0. The summed E-state index contributed by atoms with van der Waals surface area (Å²) in [6, 6.07) is 25.4. The molecule has 1 aromatic heterocycles. The summed E-state index contributed by atoms with van der Waals surface area (Å²) in [4.78, 5) is 12.7. The smallest absolute Gasteiger partial charge is 0.277 e. The van der Waals surface area contributed by atoms with Crippen LogP contribution in [0.3, 0.4) is 0 Å². The molecule has 0 aliphatic heterocycles. The number of hydrogen-bond donors (Lipinski definition) is 1. The van der Waals surface area contributed by atoms with Crippen molar-refractivity contribution in [3.8, 4) is 5.75 Å². The van der Waals surface area contributed by atoms with Gasteiger partial charge < -0.3 is 14.5 Å². The van der Waals surface area contributed by atoms with Crippen LogP contribution in [0.25, 0.3) is 0 Å².